The van der Waals surface area contributed by atoms with Crippen LogP contribution in [0.25, 0.3) is 0 Å². The van der Waals surface area contributed by atoms with Gasteiger partial charge in [-0.1, -0.05) is 243 Å². The number of benzene rings is 8. The molecule has 3 heteroatoms. The maximum atomic E-state index is 2.26. The molecule has 0 spiro atoms. The molecule has 0 unspecified atom stereocenters. The number of rotatable bonds is 8. The summed E-state index contributed by atoms with van der Waals surface area (Å²) in [7, 11) is 0. The Labute approximate surface area is 314 Å². The third-order valence-electron chi connectivity index (χ3n) is 10.4. The fourth-order valence-electron chi connectivity index (χ4n) is 8.24. The van der Waals surface area contributed by atoms with Crippen LogP contribution in [-0.4, -0.2) is 12.3 Å². The van der Waals surface area contributed by atoms with Crippen LogP contribution in [0.15, 0.2) is 243 Å². The Hall–Kier alpha value is -5.59. The zero-order chi connectivity index (χ0) is 33.9. The molecule has 0 amide bonds. The standard InChI is InChI=1S/2C24H20B.Mn/c2*1-5-13-21(14-6-1)25(22-15-7-2-8-16-22,23-17-9-3-10-18-23)24-19-11-4-12-20-24;/h2*1-20H;/q2*-1;+2. The third kappa shape index (κ3) is 7.05. The van der Waals surface area contributed by atoms with E-state index in [2.05, 4.69) is 243 Å². The first-order chi connectivity index (χ1) is 24.8. The molecule has 0 aromatic heterocycles. The largest absolute Gasteiger partial charge is 2.00 e. The normalized spacial score (nSPS) is 11.0. The molecule has 0 saturated heterocycles. The van der Waals surface area contributed by atoms with Crippen molar-refractivity contribution in [3.05, 3.63) is 243 Å². The van der Waals surface area contributed by atoms with E-state index in [1.165, 1.54) is 43.7 Å². The average Bonchev–Trinajstić information content (AvgIpc) is 3.22. The van der Waals surface area contributed by atoms with Crippen LogP contribution in [0.1, 0.15) is 0 Å². The Morgan fingerprint density at radius 3 is 0.353 bits per heavy atom. The van der Waals surface area contributed by atoms with Crippen molar-refractivity contribution < 1.29 is 17.1 Å². The van der Waals surface area contributed by atoms with Crippen molar-refractivity contribution in [3.8, 4) is 0 Å². The van der Waals surface area contributed by atoms with Crippen LogP contribution in [-0.2, 0) is 17.1 Å². The van der Waals surface area contributed by atoms with E-state index in [1.807, 2.05) is 0 Å². The van der Waals surface area contributed by atoms with Gasteiger partial charge in [0.1, 0.15) is 12.3 Å². The quantitative estimate of drug-likeness (QED) is 0.168. The first kappa shape index (κ1) is 35.2. The van der Waals surface area contributed by atoms with Gasteiger partial charge in [-0.15, -0.1) is 0 Å². The van der Waals surface area contributed by atoms with Crippen molar-refractivity contribution in [2.75, 3.05) is 0 Å². The van der Waals surface area contributed by atoms with Crippen LogP contribution in [0, 0.1) is 0 Å². The molecule has 51 heavy (non-hydrogen) atoms. The van der Waals surface area contributed by atoms with E-state index in [1.54, 1.807) is 0 Å². The molecule has 0 nitrogen and oxygen atoms in total. The molecule has 0 aliphatic heterocycles. The molecule has 0 N–H and O–H groups in total. The van der Waals surface area contributed by atoms with Gasteiger partial charge in [0, 0.05) is 0 Å². The van der Waals surface area contributed by atoms with E-state index in [0.717, 1.165) is 0 Å². The smallest absolute Gasteiger partial charge is 0.195 e. The maximum Gasteiger partial charge on any atom is 2.00 e. The Balaban J connectivity index is 0.000000172. The van der Waals surface area contributed by atoms with Crippen LogP contribution in [0.5, 0.6) is 0 Å². The second-order valence-corrected chi connectivity index (χ2v) is 13.0. The van der Waals surface area contributed by atoms with Gasteiger partial charge in [-0.3, -0.25) is 0 Å². The SMILES string of the molecule is [Mn+2].c1ccc([B-](c2ccccc2)(c2ccccc2)c2ccccc2)cc1.c1ccc([B-](c2ccccc2)(c2ccccc2)c2ccccc2)cc1. The summed E-state index contributed by atoms with van der Waals surface area (Å²) in [6.45, 7) is 0. The predicted molar refractivity (Wildman–Crippen MR) is 220 cm³/mol. The second kappa shape index (κ2) is 16.9. The van der Waals surface area contributed by atoms with E-state index in [9.17, 15) is 0 Å². The summed E-state index contributed by atoms with van der Waals surface area (Å²) in [6.07, 6.45) is -2.43. The van der Waals surface area contributed by atoms with Crippen molar-refractivity contribution in [3.63, 3.8) is 0 Å². The van der Waals surface area contributed by atoms with Gasteiger partial charge < -0.3 is 0 Å². The third-order valence-corrected chi connectivity index (χ3v) is 10.4. The van der Waals surface area contributed by atoms with Crippen molar-refractivity contribution in [2.45, 2.75) is 0 Å². The first-order valence-electron chi connectivity index (χ1n) is 17.6. The molecular formula is C48H40B2Mn. The summed E-state index contributed by atoms with van der Waals surface area (Å²) in [4.78, 5) is 0. The summed E-state index contributed by atoms with van der Waals surface area (Å²) < 4.78 is 0. The van der Waals surface area contributed by atoms with Crippen LogP contribution in [0.4, 0.5) is 0 Å². The molecule has 245 valence electrons. The van der Waals surface area contributed by atoms with E-state index in [0.29, 0.717) is 0 Å². The van der Waals surface area contributed by atoms with E-state index < -0.39 is 12.3 Å². The Bertz CT molecular complexity index is 1680. The topological polar surface area (TPSA) is 0 Å². The molecule has 0 aliphatic carbocycles. The second-order valence-electron chi connectivity index (χ2n) is 13.0. The molecule has 8 aromatic rings. The minimum absolute atomic E-state index is 0. The molecule has 0 atom stereocenters. The van der Waals surface area contributed by atoms with Crippen molar-refractivity contribution in [1.29, 1.82) is 0 Å². The van der Waals surface area contributed by atoms with Gasteiger partial charge in [-0.2, -0.15) is 43.7 Å². The molecule has 1 radical (unpaired) electrons. The summed E-state index contributed by atoms with van der Waals surface area (Å²) in [5.74, 6) is 0. The minimum atomic E-state index is -1.22. The van der Waals surface area contributed by atoms with E-state index in [4.69, 9.17) is 0 Å². The Morgan fingerprint density at radius 2 is 0.255 bits per heavy atom. The number of hydrogen-bond acceptors (Lipinski definition) is 0. The fourth-order valence-corrected chi connectivity index (χ4v) is 8.24. The Kier molecular flexibility index (Phi) is 11.7. The zero-order valence-electron chi connectivity index (χ0n) is 28.6. The van der Waals surface area contributed by atoms with Crippen molar-refractivity contribution >= 4 is 56.0 Å². The van der Waals surface area contributed by atoms with E-state index >= 15 is 0 Å². The predicted octanol–water partition coefficient (Wildman–Crippen LogP) is 6.13. The van der Waals surface area contributed by atoms with Gasteiger partial charge in [-0.05, 0) is 0 Å². The van der Waals surface area contributed by atoms with E-state index in [-0.39, 0.29) is 17.1 Å². The van der Waals surface area contributed by atoms with Crippen LogP contribution < -0.4 is 43.7 Å². The van der Waals surface area contributed by atoms with Gasteiger partial charge in [0.25, 0.3) is 0 Å². The summed E-state index contributed by atoms with van der Waals surface area (Å²) in [6, 6.07) is 87.1. The zero-order valence-corrected chi connectivity index (χ0v) is 29.8. The molecular weight excluding hydrogens is 653 g/mol. The molecule has 0 fully saturated rings. The Morgan fingerprint density at radius 1 is 0.157 bits per heavy atom. The van der Waals surface area contributed by atoms with Crippen molar-refractivity contribution in [2.24, 2.45) is 0 Å². The molecule has 0 aliphatic rings. The minimum Gasteiger partial charge on any atom is -0.195 e. The molecule has 0 bridgehead atoms. The first-order valence-corrected chi connectivity index (χ1v) is 17.6. The van der Waals surface area contributed by atoms with Crippen LogP contribution >= 0.6 is 0 Å². The monoisotopic (exact) mass is 693 g/mol. The maximum absolute atomic E-state index is 2.26. The van der Waals surface area contributed by atoms with Gasteiger partial charge in [0.05, 0.1) is 0 Å². The molecule has 0 heterocycles. The summed E-state index contributed by atoms with van der Waals surface area (Å²) in [5.41, 5.74) is 10.7. The van der Waals surface area contributed by atoms with Crippen molar-refractivity contribution in [1.82, 2.24) is 0 Å². The van der Waals surface area contributed by atoms with Crippen LogP contribution in [0.2, 0.25) is 0 Å². The summed E-state index contributed by atoms with van der Waals surface area (Å²) in [5, 5.41) is 0. The van der Waals surface area contributed by atoms with Gasteiger partial charge in [0.2, 0.25) is 0 Å². The van der Waals surface area contributed by atoms with Gasteiger partial charge in [0.15, 0.2) is 0 Å². The molecule has 8 aromatic carbocycles. The molecule has 8 rings (SSSR count). The average molecular weight is 693 g/mol. The van der Waals surface area contributed by atoms with Crippen LogP contribution in [0.3, 0.4) is 0 Å². The van der Waals surface area contributed by atoms with Gasteiger partial charge in [-0.25, -0.2) is 0 Å². The van der Waals surface area contributed by atoms with Gasteiger partial charge >= 0.3 is 17.1 Å². The number of hydrogen-bond donors (Lipinski definition) is 0. The fraction of sp³-hybridized carbons (Fsp3) is 0. The molecule has 0 saturated carbocycles. The summed E-state index contributed by atoms with van der Waals surface area (Å²) >= 11 is 0.